The monoisotopic (exact) mass is 380 g/mol. The number of rotatable bonds is 4. The van der Waals surface area contributed by atoms with Crippen molar-refractivity contribution >= 4 is 16.3 Å². The van der Waals surface area contributed by atoms with Gasteiger partial charge in [-0.05, 0) is 44.0 Å². The van der Waals surface area contributed by atoms with Crippen molar-refractivity contribution in [2.24, 2.45) is 0 Å². The minimum Gasteiger partial charge on any atom is -0.486 e. The van der Waals surface area contributed by atoms with E-state index >= 15 is 0 Å². The van der Waals surface area contributed by atoms with Gasteiger partial charge in [-0.3, -0.25) is 4.90 Å². The standard InChI is InChI=1S/C18H24N2O5S/c1-13(14-4-5-17-18(11-14)25-10-9-24-17)26(22,23)20-8-7-19-6-2-3-15(19)16(20)12-21/h4-5,11-13,15-16H,2-3,6-10H2,1H3. The van der Waals surface area contributed by atoms with Crippen molar-refractivity contribution in [1.29, 1.82) is 0 Å². The summed E-state index contributed by atoms with van der Waals surface area (Å²) in [7, 11) is -3.66. The summed E-state index contributed by atoms with van der Waals surface area (Å²) in [6, 6.07) is 4.65. The fourth-order valence-electron chi connectivity index (χ4n) is 4.23. The summed E-state index contributed by atoms with van der Waals surface area (Å²) in [6.07, 6.45) is 2.69. The van der Waals surface area contributed by atoms with Gasteiger partial charge in [0.2, 0.25) is 10.0 Å². The van der Waals surface area contributed by atoms with E-state index in [0.29, 0.717) is 43.4 Å². The van der Waals surface area contributed by atoms with Gasteiger partial charge in [0.25, 0.3) is 0 Å². The molecule has 3 atom stereocenters. The fourth-order valence-corrected chi connectivity index (χ4v) is 5.99. The summed E-state index contributed by atoms with van der Waals surface area (Å²) >= 11 is 0. The van der Waals surface area contributed by atoms with Crippen LogP contribution in [-0.2, 0) is 14.8 Å². The molecule has 3 aliphatic rings. The molecule has 8 heteroatoms. The molecule has 2 fully saturated rings. The number of carbonyl (C=O) groups excluding carboxylic acids is 1. The first-order valence-electron chi connectivity index (χ1n) is 9.12. The average molecular weight is 380 g/mol. The van der Waals surface area contributed by atoms with E-state index in [1.807, 2.05) is 0 Å². The topological polar surface area (TPSA) is 76.2 Å². The first-order chi connectivity index (χ1) is 12.5. The molecule has 142 valence electrons. The number of carbonyl (C=O) groups is 1. The fraction of sp³-hybridized carbons (Fsp3) is 0.611. The van der Waals surface area contributed by atoms with E-state index in [1.54, 1.807) is 25.1 Å². The third kappa shape index (κ3) is 2.90. The lowest BCUT2D eigenvalue weighted by molar-refractivity contribution is -0.114. The van der Waals surface area contributed by atoms with Crippen LogP contribution in [-0.4, -0.2) is 68.8 Å². The summed E-state index contributed by atoms with van der Waals surface area (Å²) in [5.74, 6) is 1.21. The van der Waals surface area contributed by atoms with Crippen LogP contribution in [0.5, 0.6) is 11.5 Å². The van der Waals surface area contributed by atoms with Crippen molar-refractivity contribution in [2.45, 2.75) is 37.1 Å². The molecule has 1 aromatic carbocycles. The molecule has 4 rings (SSSR count). The Balaban J connectivity index is 1.62. The maximum atomic E-state index is 13.3. The molecule has 3 unspecified atom stereocenters. The molecule has 0 N–H and O–H groups in total. The molecule has 0 aromatic heterocycles. The summed E-state index contributed by atoms with van der Waals surface area (Å²) in [4.78, 5) is 14.0. The zero-order valence-electron chi connectivity index (χ0n) is 14.8. The molecule has 3 aliphatic heterocycles. The maximum Gasteiger partial charge on any atom is 0.221 e. The van der Waals surface area contributed by atoms with Crippen LogP contribution < -0.4 is 9.47 Å². The van der Waals surface area contributed by atoms with Crippen LogP contribution in [0.1, 0.15) is 30.6 Å². The molecule has 3 heterocycles. The van der Waals surface area contributed by atoms with Gasteiger partial charge in [-0.2, -0.15) is 4.31 Å². The average Bonchev–Trinajstić information content (AvgIpc) is 3.15. The number of hydrogen-bond acceptors (Lipinski definition) is 6. The highest BCUT2D eigenvalue weighted by Gasteiger charge is 2.45. The van der Waals surface area contributed by atoms with Crippen molar-refractivity contribution in [3.05, 3.63) is 23.8 Å². The number of ether oxygens (including phenoxy) is 2. The zero-order valence-corrected chi connectivity index (χ0v) is 15.7. The molecule has 0 radical (unpaired) electrons. The molecule has 0 aliphatic carbocycles. The number of fused-ring (bicyclic) bond motifs is 2. The van der Waals surface area contributed by atoms with E-state index in [4.69, 9.17) is 9.47 Å². The van der Waals surface area contributed by atoms with Crippen LogP contribution in [0.15, 0.2) is 18.2 Å². The number of aldehydes is 1. The van der Waals surface area contributed by atoms with E-state index in [9.17, 15) is 13.2 Å². The molecule has 1 aromatic rings. The molecular formula is C18H24N2O5S. The second kappa shape index (κ2) is 6.83. The molecule has 0 saturated carbocycles. The molecule has 2 saturated heterocycles. The van der Waals surface area contributed by atoms with Gasteiger partial charge in [0, 0.05) is 19.1 Å². The largest absolute Gasteiger partial charge is 0.486 e. The Bertz CT molecular complexity index is 797. The summed E-state index contributed by atoms with van der Waals surface area (Å²) < 4.78 is 39.1. The summed E-state index contributed by atoms with van der Waals surface area (Å²) in [6.45, 7) is 4.60. The number of piperazine rings is 1. The van der Waals surface area contributed by atoms with E-state index < -0.39 is 21.3 Å². The number of nitrogens with zero attached hydrogens (tertiary/aromatic N) is 2. The van der Waals surface area contributed by atoms with E-state index in [-0.39, 0.29) is 6.04 Å². The molecule has 0 bridgehead atoms. The van der Waals surface area contributed by atoms with Crippen molar-refractivity contribution in [2.75, 3.05) is 32.8 Å². The molecule has 0 amide bonds. The van der Waals surface area contributed by atoms with Crippen LogP contribution in [0.2, 0.25) is 0 Å². The van der Waals surface area contributed by atoms with Crippen molar-refractivity contribution in [3.8, 4) is 11.5 Å². The van der Waals surface area contributed by atoms with Crippen LogP contribution in [0.4, 0.5) is 0 Å². The smallest absolute Gasteiger partial charge is 0.221 e. The Hall–Kier alpha value is -1.64. The normalized spacial score (nSPS) is 27.7. The number of hydrogen-bond donors (Lipinski definition) is 0. The first kappa shape index (κ1) is 17.8. The van der Waals surface area contributed by atoms with Gasteiger partial charge >= 0.3 is 0 Å². The predicted octanol–water partition coefficient (Wildman–Crippen LogP) is 1.20. The van der Waals surface area contributed by atoms with Crippen LogP contribution in [0.25, 0.3) is 0 Å². The third-order valence-corrected chi connectivity index (χ3v) is 7.94. The Morgan fingerprint density at radius 2 is 1.92 bits per heavy atom. The number of benzene rings is 1. The Morgan fingerprint density at radius 3 is 2.69 bits per heavy atom. The van der Waals surface area contributed by atoms with Gasteiger partial charge in [0.05, 0.1) is 11.3 Å². The lowest BCUT2D eigenvalue weighted by Crippen LogP contribution is -2.59. The molecule has 0 spiro atoms. The third-order valence-electron chi connectivity index (χ3n) is 5.70. The van der Waals surface area contributed by atoms with E-state index in [1.165, 1.54) is 4.31 Å². The SMILES string of the molecule is CC(c1ccc2c(c1)OCCO2)S(=O)(=O)N1CCN2CCCC2C1C=O. The highest BCUT2D eigenvalue weighted by atomic mass is 32.2. The molecular weight excluding hydrogens is 356 g/mol. The van der Waals surface area contributed by atoms with Gasteiger partial charge < -0.3 is 14.3 Å². The Labute approximate surface area is 153 Å². The maximum absolute atomic E-state index is 13.3. The minimum absolute atomic E-state index is 0.00323. The Kier molecular flexibility index (Phi) is 4.66. The summed E-state index contributed by atoms with van der Waals surface area (Å²) in [5, 5.41) is -0.756. The minimum atomic E-state index is -3.66. The number of sulfonamides is 1. The lowest BCUT2D eigenvalue weighted by atomic mass is 10.1. The highest BCUT2D eigenvalue weighted by molar-refractivity contribution is 7.89. The quantitative estimate of drug-likeness (QED) is 0.731. The van der Waals surface area contributed by atoms with Gasteiger partial charge in [-0.1, -0.05) is 6.07 Å². The van der Waals surface area contributed by atoms with E-state index in [0.717, 1.165) is 25.7 Å². The van der Waals surface area contributed by atoms with Gasteiger partial charge in [0.1, 0.15) is 19.5 Å². The highest BCUT2D eigenvalue weighted by Crippen LogP contribution is 2.37. The molecule has 26 heavy (non-hydrogen) atoms. The van der Waals surface area contributed by atoms with Crippen LogP contribution >= 0.6 is 0 Å². The van der Waals surface area contributed by atoms with Gasteiger partial charge in [0.15, 0.2) is 11.5 Å². The van der Waals surface area contributed by atoms with Crippen molar-refractivity contribution < 1.29 is 22.7 Å². The lowest BCUT2D eigenvalue weighted by Gasteiger charge is -2.42. The van der Waals surface area contributed by atoms with Gasteiger partial charge in [-0.15, -0.1) is 0 Å². The van der Waals surface area contributed by atoms with Crippen LogP contribution in [0.3, 0.4) is 0 Å². The van der Waals surface area contributed by atoms with E-state index in [2.05, 4.69) is 4.90 Å². The van der Waals surface area contributed by atoms with Gasteiger partial charge in [-0.25, -0.2) is 8.42 Å². The zero-order chi connectivity index (χ0) is 18.3. The summed E-state index contributed by atoms with van der Waals surface area (Å²) in [5.41, 5.74) is 0.646. The molecule has 7 nitrogen and oxygen atoms in total. The second-order valence-electron chi connectivity index (χ2n) is 7.07. The van der Waals surface area contributed by atoms with Crippen molar-refractivity contribution in [1.82, 2.24) is 9.21 Å². The van der Waals surface area contributed by atoms with Crippen molar-refractivity contribution in [3.63, 3.8) is 0 Å². The second-order valence-corrected chi connectivity index (χ2v) is 9.28. The van der Waals surface area contributed by atoms with Crippen LogP contribution in [0, 0.1) is 0 Å². The predicted molar refractivity (Wildman–Crippen MR) is 95.9 cm³/mol. The first-order valence-corrected chi connectivity index (χ1v) is 10.6. The Morgan fingerprint density at radius 1 is 1.15 bits per heavy atom.